The van der Waals surface area contributed by atoms with Crippen LogP contribution in [0.1, 0.15) is 24.2 Å². The first-order valence-corrected chi connectivity index (χ1v) is 6.87. The smallest absolute Gasteiger partial charge is 0.137 e. The van der Waals surface area contributed by atoms with Crippen LogP contribution in [-0.4, -0.2) is 23.6 Å². The molecule has 5 heteroatoms. The Kier molecular flexibility index (Phi) is 4.87. The molecule has 0 aliphatic carbocycles. The number of ether oxygens (including phenoxy) is 1. The van der Waals surface area contributed by atoms with E-state index in [-0.39, 0.29) is 6.04 Å². The topological polar surface area (TPSA) is 47.0 Å². The van der Waals surface area contributed by atoms with E-state index in [1.54, 1.807) is 19.5 Å². The van der Waals surface area contributed by atoms with Gasteiger partial charge in [-0.3, -0.25) is 9.97 Å². The van der Waals surface area contributed by atoms with Crippen molar-refractivity contribution in [1.82, 2.24) is 15.3 Å². The Morgan fingerprint density at radius 1 is 1.32 bits per heavy atom. The van der Waals surface area contributed by atoms with Gasteiger partial charge in [0.15, 0.2) is 0 Å². The van der Waals surface area contributed by atoms with E-state index in [1.165, 1.54) is 0 Å². The molecule has 0 saturated carbocycles. The summed E-state index contributed by atoms with van der Waals surface area (Å²) >= 11 is 3.40. The number of nitrogens with one attached hydrogen (secondary N) is 1. The second-order valence-corrected chi connectivity index (χ2v) is 4.97. The van der Waals surface area contributed by atoms with Gasteiger partial charge >= 0.3 is 0 Å². The van der Waals surface area contributed by atoms with Gasteiger partial charge < -0.3 is 10.1 Å². The number of halogens is 1. The predicted molar refractivity (Wildman–Crippen MR) is 78.2 cm³/mol. The van der Waals surface area contributed by atoms with Crippen LogP contribution in [-0.2, 0) is 0 Å². The van der Waals surface area contributed by atoms with Gasteiger partial charge in [-0.15, -0.1) is 0 Å². The second kappa shape index (κ2) is 6.63. The highest BCUT2D eigenvalue weighted by molar-refractivity contribution is 9.10. The molecule has 2 aromatic rings. The first-order chi connectivity index (χ1) is 9.24. The zero-order valence-corrected chi connectivity index (χ0v) is 12.5. The molecule has 0 fully saturated rings. The lowest BCUT2D eigenvalue weighted by atomic mass is 10.0. The van der Waals surface area contributed by atoms with Crippen molar-refractivity contribution in [2.75, 3.05) is 13.7 Å². The van der Waals surface area contributed by atoms with Crippen molar-refractivity contribution in [3.63, 3.8) is 0 Å². The van der Waals surface area contributed by atoms with Gasteiger partial charge in [-0.2, -0.15) is 0 Å². The summed E-state index contributed by atoms with van der Waals surface area (Å²) in [7, 11) is 1.64. The number of rotatable bonds is 5. The minimum Gasteiger partial charge on any atom is -0.495 e. The second-order valence-electron chi connectivity index (χ2n) is 4.05. The summed E-state index contributed by atoms with van der Waals surface area (Å²) in [6.45, 7) is 2.92. The fourth-order valence-electron chi connectivity index (χ4n) is 1.86. The molecule has 1 N–H and O–H groups in total. The quantitative estimate of drug-likeness (QED) is 0.919. The average Bonchev–Trinajstić information content (AvgIpc) is 2.46. The Balaban J connectivity index is 2.35. The summed E-state index contributed by atoms with van der Waals surface area (Å²) in [6.07, 6.45) is 5.33. The summed E-state index contributed by atoms with van der Waals surface area (Å²) in [5, 5.41) is 3.41. The van der Waals surface area contributed by atoms with Crippen molar-refractivity contribution >= 4 is 15.9 Å². The molecule has 0 radical (unpaired) electrons. The standard InChI is InChI=1S/C14H16BrN3O/c1-3-17-14(13-5-4-11(15)8-18-13)10-6-12(19-2)9-16-7-10/h4-9,14,17H,3H2,1-2H3. The first kappa shape index (κ1) is 14.0. The van der Waals surface area contributed by atoms with Gasteiger partial charge in [-0.25, -0.2) is 0 Å². The van der Waals surface area contributed by atoms with Crippen LogP contribution in [0.4, 0.5) is 0 Å². The molecule has 0 saturated heterocycles. The fraction of sp³-hybridized carbons (Fsp3) is 0.286. The summed E-state index contributed by atoms with van der Waals surface area (Å²) in [6, 6.07) is 5.97. The number of aromatic nitrogens is 2. The van der Waals surface area contributed by atoms with E-state index in [0.29, 0.717) is 0 Å². The minimum atomic E-state index is 0.0145. The zero-order valence-electron chi connectivity index (χ0n) is 10.9. The van der Waals surface area contributed by atoms with Crippen LogP contribution in [0.3, 0.4) is 0 Å². The van der Waals surface area contributed by atoms with Gasteiger partial charge in [0.2, 0.25) is 0 Å². The van der Waals surface area contributed by atoms with Gasteiger partial charge in [0.05, 0.1) is 25.0 Å². The molecule has 4 nitrogen and oxygen atoms in total. The molecule has 2 aromatic heterocycles. The highest BCUT2D eigenvalue weighted by atomic mass is 79.9. The van der Waals surface area contributed by atoms with Crippen LogP contribution < -0.4 is 10.1 Å². The van der Waals surface area contributed by atoms with Crippen LogP contribution in [0, 0.1) is 0 Å². The van der Waals surface area contributed by atoms with Crippen molar-refractivity contribution in [2.45, 2.75) is 13.0 Å². The average molecular weight is 322 g/mol. The van der Waals surface area contributed by atoms with Crippen molar-refractivity contribution < 1.29 is 4.74 Å². The monoisotopic (exact) mass is 321 g/mol. The molecule has 1 atom stereocenters. The van der Waals surface area contributed by atoms with Crippen molar-refractivity contribution in [3.8, 4) is 5.75 Å². The third-order valence-corrected chi connectivity index (χ3v) is 3.23. The predicted octanol–water partition coefficient (Wildman–Crippen LogP) is 2.95. The molecular weight excluding hydrogens is 306 g/mol. The Morgan fingerprint density at radius 3 is 2.79 bits per heavy atom. The maximum Gasteiger partial charge on any atom is 0.137 e. The Bertz CT molecular complexity index is 530. The number of hydrogen-bond acceptors (Lipinski definition) is 4. The van der Waals surface area contributed by atoms with E-state index in [2.05, 4.69) is 38.1 Å². The summed E-state index contributed by atoms with van der Waals surface area (Å²) in [4.78, 5) is 8.65. The lowest BCUT2D eigenvalue weighted by Gasteiger charge is -2.18. The molecule has 0 aromatic carbocycles. The Morgan fingerprint density at radius 2 is 2.16 bits per heavy atom. The van der Waals surface area contributed by atoms with Crippen molar-refractivity contribution in [3.05, 3.63) is 52.5 Å². The molecule has 0 aliphatic rings. The number of pyridine rings is 2. The van der Waals surface area contributed by atoms with Crippen LogP contribution in [0.25, 0.3) is 0 Å². The molecule has 0 amide bonds. The molecule has 1 unspecified atom stereocenters. The van der Waals surface area contributed by atoms with E-state index in [0.717, 1.165) is 28.0 Å². The van der Waals surface area contributed by atoms with E-state index < -0.39 is 0 Å². The van der Waals surface area contributed by atoms with Gasteiger partial charge in [-0.1, -0.05) is 6.92 Å². The Labute approximate surface area is 121 Å². The van der Waals surface area contributed by atoms with Crippen LogP contribution in [0.2, 0.25) is 0 Å². The highest BCUT2D eigenvalue weighted by Crippen LogP contribution is 2.23. The number of nitrogens with zero attached hydrogens (tertiary/aromatic N) is 2. The van der Waals surface area contributed by atoms with E-state index in [1.807, 2.05) is 24.4 Å². The van der Waals surface area contributed by atoms with Gasteiger partial charge in [0.25, 0.3) is 0 Å². The van der Waals surface area contributed by atoms with Crippen molar-refractivity contribution in [1.29, 1.82) is 0 Å². The van der Waals surface area contributed by atoms with E-state index >= 15 is 0 Å². The van der Waals surface area contributed by atoms with Gasteiger partial charge in [0, 0.05) is 16.9 Å². The molecule has 19 heavy (non-hydrogen) atoms. The molecule has 0 bridgehead atoms. The highest BCUT2D eigenvalue weighted by Gasteiger charge is 2.15. The minimum absolute atomic E-state index is 0.0145. The van der Waals surface area contributed by atoms with Crippen LogP contribution in [0.15, 0.2) is 41.3 Å². The molecule has 0 spiro atoms. The lowest BCUT2D eigenvalue weighted by molar-refractivity contribution is 0.411. The van der Waals surface area contributed by atoms with Crippen molar-refractivity contribution in [2.24, 2.45) is 0 Å². The van der Waals surface area contributed by atoms with Crippen LogP contribution in [0.5, 0.6) is 5.75 Å². The molecule has 2 rings (SSSR count). The van der Waals surface area contributed by atoms with Crippen LogP contribution >= 0.6 is 15.9 Å². The molecule has 100 valence electrons. The maximum atomic E-state index is 5.22. The molecular formula is C14H16BrN3O. The number of methoxy groups -OCH3 is 1. The molecule has 0 aliphatic heterocycles. The van der Waals surface area contributed by atoms with Gasteiger partial charge in [0.1, 0.15) is 5.75 Å². The summed E-state index contributed by atoms with van der Waals surface area (Å²) < 4.78 is 6.19. The third-order valence-electron chi connectivity index (χ3n) is 2.76. The molecule has 2 heterocycles. The third kappa shape index (κ3) is 3.52. The fourth-order valence-corrected chi connectivity index (χ4v) is 2.09. The normalized spacial score (nSPS) is 12.2. The summed E-state index contributed by atoms with van der Waals surface area (Å²) in [5.74, 6) is 0.748. The Hall–Kier alpha value is -1.46. The lowest BCUT2D eigenvalue weighted by Crippen LogP contribution is -2.23. The maximum absolute atomic E-state index is 5.22. The SMILES string of the molecule is CCNC(c1cncc(OC)c1)c1ccc(Br)cn1. The largest absolute Gasteiger partial charge is 0.495 e. The zero-order chi connectivity index (χ0) is 13.7. The van der Waals surface area contributed by atoms with E-state index in [9.17, 15) is 0 Å². The summed E-state index contributed by atoms with van der Waals surface area (Å²) in [5.41, 5.74) is 2.00. The van der Waals surface area contributed by atoms with Gasteiger partial charge in [-0.05, 0) is 46.2 Å². The first-order valence-electron chi connectivity index (χ1n) is 6.08. The van der Waals surface area contributed by atoms with E-state index in [4.69, 9.17) is 4.74 Å². The number of hydrogen-bond donors (Lipinski definition) is 1.